The lowest BCUT2D eigenvalue weighted by molar-refractivity contribution is -0.121. The van der Waals surface area contributed by atoms with Crippen LogP contribution in [0.3, 0.4) is 0 Å². The summed E-state index contributed by atoms with van der Waals surface area (Å²) in [6.07, 6.45) is 5.24. The van der Waals surface area contributed by atoms with Crippen LogP contribution in [0, 0.1) is 0 Å². The highest BCUT2D eigenvalue weighted by molar-refractivity contribution is 5.77. The molecule has 3 rings (SSSR count). The molecule has 1 aromatic carbocycles. The quantitative estimate of drug-likeness (QED) is 0.642. The number of carbonyl (C=O) groups excluding carboxylic acids is 1. The van der Waals surface area contributed by atoms with Crippen molar-refractivity contribution in [3.63, 3.8) is 0 Å². The number of aryl methyl sites for hydroxylation is 1. The smallest absolute Gasteiger partial charge is 0.220 e. The minimum atomic E-state index is 0.0296. The molecule has 0 bridgehead atoms. The average Bonchev–Trinajstić information content (AvgIpc) is 3.13. The van der Waals surface area contributed by atoms with Gasteiger partial charge in [0.05, 0.1) is 11.0 Å². The number of aromatic amines is 2. The van der Waals surface area contributed by atoms with Crippen LogP contribution in [-0.2, 0) is 17.6 Å². The molecule has 0 unspecified atom stereocenters. The Hall–Kier alpha value is -2.63. The molecule has 0 aliphatic rings. The number of nitrogens with zero attached hydrogens (tertiary/aromatic N) is 2. The molecule has 21 heavy (non-hydrogen) atoms. The molecule has 3 aromatic rings. The van der Waals surface area contributed by atoms with Crippen molar-refractivity contribution < 1.29 is 4.79 Å². The van der Waals surface area contributed by atoms with Crippen LogP contribution < -0.4 is 5.32 Å². The maximum Gasteiger partial charge on any atom is 0.220 e. The molecule has 0 atom stereocenters. The third-order valence-corrected chi connectivity index (χ3v) is 3.27. The van der Waals surface area contributed by atoms with E-state index in [1.54, 1.807) is 12.4 Å². The first-order valence-corrected chi connectivity index (χ1v) is 7.00. The summed E-state index contributed by atoms with van der Waals surface area (Å²) in [5, 5.41) is 2.88. The van der Waals surface area contributed by atoms with E-state index in [0.29, 0.717) is 25.8 Å². The van der Waals surface area contributed by atoms with Crippen molar-refractivity contribution in [1.82, 2.24) is 25.3 Å². The lowest BCUT2D eigenvalue weighted by Gasteiger charge is -2.02. The fourth-order valence-electron chi connectivity index (χ4n) is 2.20. The van der Waals surface area contributed by atoms with E-state index < -0.39 is 0 Å². The van der Waals surface area contributed by atoms with Crippen LogP contribution in [0.5, 0.6) is 0 Å². The monoisotopic (exact) mass is 283 g/mol. The van der Waals surface area contributed by atoms with Gasteiger partial charge in [0.25, 0.3) is 0 Å². The molecule has 2 aromatic heterocycles. The number of hydrogen-bond donors (Lipinski definition) is 3. The van der Waals surface area contributed by atoms with Gasteiger partial charge in [-0.1, -0.05) is 12.1 Å². The molecular formula is C15H17N5O. The summed E-state index contributed by atoms with van der Waals surface area (Å²) in [5.74, 6) is 1.76. The SMILES string of the molecule is O=C(CCc1nc2ccccc2[nH]1)NCCc1ncc[nH]1. The minimum Gasteiger partial charge on any atom is -0.356 e. The van der Waals surface area contributed by atoms with Gasteiger partial charge >= 0.3 is 0 Å². The van der Waals surface area contributed by atoms with Crippen molar-refractivity contribution in [2.24, 2.45) is 0 Å². The van der Waals surface area contributed by atoms with E-state index in [-0.39, 0.29) is 5.91 Å². The Balaban J connectivity index is 1.44. The maximum atomic E-state index is 11.8. The number of rotatable bonds is 6. The molecule has 0 aliphatic carbocycles. The fourth-order valence-corrected chi connectivity index (χ4v) is 2.20. The van der Waals surface area contributed by atoms with Crippen LogP contribution >= 0.6 is 0 Å². The molecule has 6 nitrogen and oxygen atoms in total. The Kier molecular flexibility index (Phi) is 3.95. The second-order valence-corrected chi connectivity index (χ2v) is 4.84. The van der Waals surface area contributed by atoms with Crippen molar-refractivity contribution in [1.29, 1.82) is 0 Å². The van der Waals surface area contributed by atoms with Crippen molar-refractivity contribution in [2.75, 3.05) is 6.54 Å². The van der Waals surface area contributed by atoms with Gasteiger partial charge in [-0.2, -0.15) is 0 Å². The van der Waals surface area contributed by atoms with Crippen molar-refractivity contribution in [3.8, 4) is 0 Å². The van der Waals surface area contributed by atoms with Crippen LogP contribution in [0.25, 0.3) is 11.0 Å². The molecule has 2 heterocycles. The van der Waals surface area contributed by atoms with E-state index in [1.165, 1.54) is 0 Å². The van der Waals surface area contributed by atoms with Crippen LogP contribution in [0.4, 0.5) is 0 Å². The molecule has 0 spiro atoms. The Morgan fingerprint density at radius 2 is 2.10 bits per heavy atom. The lowest BCUT2D eigenvalue weighted by Crippen LogP contribution is -2.26. The highest BCUT2D eigenvalue weighted by Crippen LogP contribution is 2.11. The zero-order valence-electron chi connectivity index (χ0n) is 11.6. The first-order valence-electron chi connectivity index (χ1n) is 7.00. The summed E-state index contributed by atoms with van der Waals surface area (Å²) in [4.78, 5) is 26.6. The summed E-state index contributed by atoms with van der Waals surface area (Å²) >= 11 is 0. The van der Waals surface area contributed by atoms with E-state index in [9.17, 15) is 4.79 Å². The Labute approximate surface area is 122 Å². The summed E-state index contributed by atoms with van der Waals surface area (Å²) in [6, 6.07) is 7.86. The molecule has 108 valence electrons. The topological polar surface area (TPSA) is 86.5 Å². The largest absolute Gasteiger partial charge is 0.356 e. The number of hydrogen-bond acceptors (Lipinski definition) is 3. The summed E-state index contributed by atoms with van der Waals surface area (Å²) in [6.45, 7) is 0.590. The van der Waals surface area contributed by atoms with Gasteiger partial charge in [0.15, 0.2) is 0 Å². The number of carbonyl (C=O) groups is 1. The third-order valence-electron chi connectivity index (χ3n) is 3.27. The van der Waals surface area contributed by atoms with Crippen LogP contribution in [-0.4, -0.2) is 32.4 Å². The Morgan fingerprint density at radius 3 is 2.90 bits per heavy atom. The number of para-hydroxylation sites is 2. The molecule has 1 amide bonds. The molecule has 3 N–H and O–H groups in total. The van der Waals surface area contributed by atoms with E-state index >= 15 is 0 Å². The first kappa shape index (κ1) is 13.4. The minimum absolute atomic E-state index is 0.0296. The second kappa shape index (κ2) is 6.21. The van der Waals surface area contributed by atoms with Gasteiger partial charge in [0.1, 0.15) is 11.6 Å². The van der Waals surface area contributed by atoms with Gasteiger partial charge in [-0.3, -0.25) is 4.79 Å². The predicted octanol–water partition coefficient (Wildman–Crippen LogP) is 1.58. The van der Waals surface area contributed by atoms with E-state index in [4.69, 9.17) is 0 Å². The number of amides is 1. The highest BCUT2D eigenvalue weighted by atomic mass is 16.1. The van der Waals surface area contributed by atoms with E-state index in [0.717, 1.165) is 22.7 Å². The Bertz CT molecular complexity index is 684. The van der Waals surface area contributed by atoms with Crippen LogP contribution in [0.15, 0.2) is 36.7 Å². The zero-order chi connectivity index (χ0) is 14.5. The average molecular weight is 283 g/mol. The van der Waals surface area contributed by atoms with Crippen molar-refractivity contribution >= 4 is 16.9 Å². The zero-order valence-corrected chi connectivity index (χ0v) is 11.6. The number of nitrogens with one attached hydrogen (secondary N) is 3. The lowest BCUT2D eigenvalue weighted by atomic mass is 10.3. The van der Waals surface area contributed by atoms with E-state index in [1.807, 2.05) is 24.3 Å². The molecule has 0 saturated heterocycles. The van der Waals surface area contributed by atoms with Crippen molar-refractivity contribution in [3.05, 3.63) is 48.3 Å². The van der Waals surface area contributed by atoms with Gasteiger partial charge in [-0.15, -0.1) is 0 Å². The molecule has 0 saturated carbocycles. The van der Waals surface area contributed by atoms with Gasteiger partial charge in [-0.05, 0) is 12.1 Å². The standard InChI is InChI=1S/C15H17N5O/c21-15(18-8-7-13-16-9-10-17-13)6-5-14-19-11-3-1-2-4-12(11)20-14/h1-4,9-10H,5-8H2,(H,16,17)(H,18,21)(H,19,20). The van der Waals surface area contributed by atoms with Gasteiger partial charge in [0.2, 0.25) is 5.91 Å². The van der Waals surface area contributed by atoms with Crippen LogP contribution in [0.2, 0.25) is 0 Å². The predicted molar refractivity (Wildman–Crippen MR) is 79.7 cm³/mol. The molecule has 0 radical (unpaired) electrons. The summed E-state index contributed by atoms with van der Waals surface area (Å²) in [5.41, 5.74) is 1.94. The summed E-state index contributed by atoms with van der Waals surface area (Å²) < 4.78 is 0. The van der Waals surface area contributed by atoms with Gasteiger partial charge in [0, 0.05) is 38.2 Å². The molecule has 0 fully saturated rings. The van der Waals surface area contributed by atoms with Gasteiger partial charge < -0.3 is 15.3 Å². The van der Waals surface area contributed by atoms with E-state index in [2.05, 4.69) is 25.3 Å². The maximum absolute atomic E-state index is 11.8. The molecule has 6 heteroatoms. The number of H-pyrrole nitrogens is 2. The summed E-state index contributed by atoms with van der Waals surface area (Å²) in [7, 11) is 0. The molecular weight excluding hydrogens is 266 g/mol. The fraction of sp³-hybridized carbons (Fsp3) is 0.267. The van der Waals surface area contributed by atoms with Crippen molar-refractivity contribution in [2.45, 2.75) is 19.3 Å². The first-order chi connectivity index (χ1) is 10.3. The molecule has 0 aliphatic heterocycles. The Morgan fingerprint density at radius 1 is 1.19 bits per heavy atom. The van der Waals surface area contributed by atoms with Crippen LogP contribution in [0.1, 0.15) is 18.1 Å². The highest BCUT2D eigenvalue weighted by Gasteiger charge is 2.06. The van der Waals surface area contributed by atoms with Gasteiger partial charge in [-0.25, -0.2) is 9.97 Å². The number of fused-ring (bicyclic) bond motifs is 1. The normalized spacial score (nSPS) is 10.9. The number of imidazole rings is 2. The third kappa shape index (κ3) is 3.47. The number of aromatic nitrogens is 4. The second-order valence-electron chi connectivity index (χ2n) is 4.84. The number of benzene rings is 1.